The molecule has 1 aromatic carbocycles. The molecule has 0 aliphatic rings. The van der Waals surface area contributed by atoms with Gasteiger partial charge in [-0.25, -0.2) is 0 Å². The van der Waals surface area contributed by atoms with Crippen LogP contribution in [0.5, 0.6) is 5.75 Å². The van der Waals surface area contributed by atoms with Gasteiger partial charge in [-0.15, -0.1) is 0 Å². The maximum atomic E-state index is 11.6. The zero-order valence-electron chi connectivity index (χ0n) is 13.5. The summed E-state index contributed by atoms with van der Waals surface area (Å²) in [6.07, 6.45) is 2.46. The first-order valence-corrected chi connectivity index (χ1v) is 7.85. The molecule has 0 radical (unpaired) electrons. The van der Waals surface area contributed by atoms with Crippen molar-refractivity contribution in [2.24, 2.45) is 0 Å². The van der Waals surface area contributed by atoms with Gasteiger partial charge in [0.2, 0.25) is 11.8 Å². The van der Waals surface area contributed by atoms with Crippen LogP contribution in [0.3, 0.4) is 0 Å². The SMILES string of the molecule is CCCC(=O)NCCNC(=O)CCCOc1ccccc1C. The highest BCUT2D eigenvalue weighted by Gasteiger charge is 2.03. The minimum atomic E-state index is -0.0156. The second kappa shape index (κ2) is 10.7. The summed E-state index contributed by atoms with van der Waals surface area (Å²) < 4.78 is 5.63. The number of para-hydroxylation sites is 1. The van der Waals surface area contributed by atoms with Crippen molar-refractivity contribution in [1.82, 2.24) is 10.6 Å². The van der Waals surface area contributed by atoms with Crippen molar-refractivity contribution in [2.45, 2.75) is 39.5 Å². The number of benzene rings is 1. The third kappa shape index (κ3) is 7.67. The molecule has 5 nitrogen and oxygen atoms in total. The van der Waals surface area contributed by atoms with E-state index in [4.69, 9.17) is 4.74 Å². The summed E-state index contributed by atoms with van der Waals surface area (Å²) in [5.74, 6) is 0.878. The van der Waals surface area contributed by atoms with Gasteiger partial charge < -0.3 is 15.4 Å². The minimum Gasteiger partial charge on any atom is -0.493 e. The molecule has 122 valence electrons. The molecular formula is C17H26N2O3. The molecule has 0 saturated heterocycles. The van der Waals surface area contributed by atoms with Crippen LogP contribution in [0.15, 0.2) is 24.3 Å². The van der Waals surface area contributed by atoms with Crippen LogP contribution in [0.4, 0.5) is 0 Å². The summed E-state index contributed by atoms with van der Waals surface area (Å²) in [4.78, 5) is 22.8. The number of ether oxygens (including phenoxy) is 1. The fourth-order valence-electron chi connectivity index (χ4n) is 1.94. The van der Waals surface area contributed by atoms with Gasteiger partial charge in [-0.05, 0) is 31.4 Å². The zero-order chi connectivity index (χ0) is 16.2. The van der Waals surface area contributed by atoms with Gasteiger partial charge >= 0.3 is 0 Å². The van der Waals surface area contributed by atoms with Crippen molar-refractivity contribution in [3.63, 3.8) is 0 Å². The molecule has 0 aromatic heterocycles. The van der Waals surface area contributed by atoms with Crippen molar-refractivity contribution in [1.29, 1.82) is 0 Å². The van der Waals surface area contributed by atoms with Gasteiger partial charge in [-0.1, -0.05) is 25.1 Å². The molecule has 0 aliphatic heterocycles. The van der Waals surface area contributed by atoms with Crippen LogP contribution >= 0.6 is 0 Å². The normalized spacial score (nSPS) is 10.1. The molecule has 0 fully saturated rings. The lowest BCUT2D eigenvalue weighted by Crippen LogP contribution is -2.34. The lowest BCUT2D eigenvalue weighted by molar-refractivity contribution is -0.123. The number of rotatable bonds is 10. The van der Waals surface area contributed by atoms with Gasteiger partial charge in [-0.3, -0.25) is 9.59 Å². The van der Waals surface area contributed by atoms with Crippen molar-refractivity contribution in [2.75, 3.05) is 19.7 Å². The van der Waals surface area contributed by atoms with Crippen molar-refractivity contribution >= 4 is 11.8 Å². The van der Waals surface area contributed by atoms with Gasteiger partial charge in [-0.2, -0.15) is 0 Å². The predicted molar refractivity (Wildman–Crippen MR) is 86.8 cm³/mol. The summed E-state index contributed by atoms with van der Waals surface area (Å²) in [6, 6.07) is 7.82. The van der Waals surface area contributed by atoms with E-state index in [2.05, 4.69) is 10.6 Å². The number of hydrogen-bond acceptors (Lipinski definition) is 3. The smallest absolute Gasteiger partial charge is 0.220 e. The molecule has 1 aromatic rings. The van der Waals surface area contributed by atoms with Gasteiger partial charge in [0.15, 0.2) is 0 Å². The highest BCUT2D eigenvalue weighted by Crippen LogP contribution is 2.16. The van der Waals surface area contributed by atoms with E-state index < -0.39 is 0 Å². The minimum absolute atomic E-state index is 0.0156. The quantitative estimate of drug-likeness (QED) is 0.651. The average Bonchev–Trinajstić information content (AvgIpc) is 2.50. The van der Waals surface area contributed by atoms with E-state index in [1.54, 1.807) is 0 Å². The molecule has 5 heteroatoms. The standard InChI is InChI=1S/C17H26N2O3/c1-3-7-16(20)18-11-12-19-17(21)10-6-13-22-15-9-5-4-8-14(15)2/h4-5,8-9H,3,6-7,10-13H2,1-2H3,(H,18,20)(H,19,21). The van der Waals surface area contributed by atoms with Gasteiger partial charge in [0.25, 0.3) is 0 Å². The maximum Gasteiger partial charge on any atom is 0.220 e. The fourth-order valence-corrected chi connectivity index (χ4v) is 1.94. The van der Waals surface area contributed by atoms with E-state index in [1.807, 2.05) is 38.1 Å². The molecule has 22 heavy (non-hydrogen) atoms. The van der Waals surface area contributed by atoms with Crippen LogP contribution in [-0.4, -0.2) is 31.5 Å². The van der Waals surface area contributed by atoms with Crippen LogP contribution in [0.2, 0.25) is 0 Å². The van der Waals surface area contributed by atoms with Crippen LogP contribution in [0, 0.1) is 6.92 Å². The summed E-state index contributed by atoms with van der Waals surface area (Å²) in [5.41, 5.74) is 1.09. The average molecular weight is 306 g/mol. The first-order chi connectivity index (χ1) is 10.6. The highest BCUT2D eigenvalue weighted by molar-refractivity contribution is 5.77. The molecule has 0 bridgehead atoms. The van der Waals surface area contributed by atoms with E-state index in [0.29, 0.717) is 39.0 Å². The molecule has 0 spiro atoms. The number of carbonyl (C=O) groups is 2. The summed E-state index contributed by atoms with van der Waals surface area (Å²) in [7, 11) is 0. The number of hydrogen-bond donors (Lipinski definition) is 2. The Morgan fingerprint density at radius 1 is 1.05 bits per heavy atom. The van der Waals surface area contributed by atoms with Crippen molar-refractivity contribution < 1.29 is 14.3 Å². The summed E-state index contributed by atoms with van der Waals surface area (Å²) in [6.45, 7) is 5.41. The number of aryl methyl sites for hydroxylation is 1. The molecule has 2 amide bonds. The van der Waals surface area contributed by atoms with Crippen molar-refractivity contribution in [3.05, 3.63) is 29.8 Å². The highest BCUT2D eigenvalue weighted by atomic mass is 16.5. The molecule has 0 aliphatic carbocycles. The van der Waals surface area contributed by atoms with Gasteiger partial charge in [0, 0.05) is 25.9 Å². The van der Waals surface area contributed by atoms with E-state index in [1.165, 1.54) is 0 Å². The third-order valence-corrected chi connectivity index (χ3v) is 3.15. The molecule has 0 unspecified atom stereocenters. The zero-order valence-corrected chi connectivity index (χ0v) is 13.5. The molecule has 2 N–H and O–H groups in total. The maximum absolute atomic E-state index is 11.6. The molecule has 0 heterocycles. The first-order valence-electron chi connectivity index (χ1n) is 7.85. The van der Waals surface area contributed by atoms with Gasteiger partial charge in [0.05, 0.1) is 6.61 Å². The Bertz CT molecular complexity index is 475. The molecular weight excluding hydrogens is 280 g/mol. The Labute approximate surface area is 132 Å². The molecule has 0 atom stereocenters. The lowest BCUT2D eigenvalue weighted by atomic mass is 10.2. The molecule has 0 saturated carbocycles. The van der Waals surface area contributed by atoms with Crippen molar-refractivity contribution in [3.8, 4) is 5.75 Å². The number of carbonyl (C=O) groups excluding carboxylic acids is 2. The van der Waals surface area contributed by atoms with E-state index in [9.17, 15) is 9.59 Å². The second-order valence-electron chi connectivity index (χ2n) is 5.17. The third-order valence-electron chi connectivity index (χ3n) is 3.15. The van der Waals surface area contributed by atoms with Crippen LogP contribution in [0.25, 0.3) is 0 Å². The Kier molecular flexibility index (Phi) is 8.72. The van der Waals surface area contributed by atoms with Gasteiger partial charge in [0.1, 0.15) is 5.75 Å². The fraction of sp³-hybridized carbons (Fsp3) is 0.529. The number of amides is 2. The topological polar surface area (TPSA) is 67.4 Å². The Morgan fingerprint density at radius 3 is 2.32 bits per heavy atom. The predicted octanol–water partition coefficient (Wildman–Crippen LogP) is 2.19. The molecule has 1 rings (SSSR count). The second-order valence-corrected chi connectivity index (χ2v) is 5.17. The van der Waals surface area contributed by atoms with E-state index in [-0.39, 0.29) is 11.8 Å². The van der Waals surface area contributed by atoms with E-state index in [0.717, 1.165) is 17.7 Å². The first kappa shape index (κ1) is 18.0. The van der Waals surface area contributed by atoms with Crippen LogP contribution in [-0.2, 0) is 9.59 Å². The lowest BCUT2D eigenvalue weighted by Gasteiger charge is -2.09. The monoisotopic (exact) mass is 306 g/mol. The Balaban J connectivity index is 2.04. The number of nitrogens with one attached hydrogen (secondary N) is 2. The Hall–Kier alpha value is -2.04. The largest absolute Gasteiger partial charge is 0.493 e. The van der Waals surface area contributed by atoms with E-state index >= 15 is 0 Å². The van der Waals surface area contributed by atoms with Crippen LogP contribution < -0.4 is 15.4 Å². The summed E-state index contributed by atoms with van der Waals surface area (Å²) in [5, 5.41) is 5.54. The summed E-state index contributed by atoms with van der Waals surface area (Å²) >= 11 is 0. The Morgan fingerprint density at radius 2 is 1.68 bits per heavy atom. The van der Waals surface area contributed by atoms with Crippen LogP contribution in [0.1, 0.15) is 38.2 Å².